The molecule has 0 fully saturated rings. The SMILES string of the molecule is COC(=O)c1ccc2c(=O)n(Cc3ccco3)c(SCC(=O)NCC#N)nc2c1. The number of carbonyl (C=O) groups is 2. The lowest BCUT2D eigenvalue weighted by molar-refractivity contribution is -0.118. The summed E-state index contributed by atoms with van der Waals surface area (Å²) in [4.78, 5) is 41.2. The van der Waals surface area contributed by atoms with E-state index in [0.717, 1.165) is 11.8 Å². The van der Waals surface area contributed by atoms with E-state index in [1.165, 1.54) is 36.1 Å². The molecule has 0 aliphatic carbocycles. The number of hydrogen-bond donors (Lipinski definition) is 1. The molecule has 0 aliphatic rings. The standard InChI is InChI=1S/C19H16N4O5S/c1-27-18(26)12-4-5-14-15(9-12)22-19(29-11-16(24)21-7-6-20)23(17(14)25)10-13-3-2-8-28-13/h2-5,8-9H,7,10-11H2,1H3,(H,21,24). The minimum absolute atomic E-state index is 0.0333. The van der Waals surface area contributed by atoms with Gasteiger partial charge in [-0.2, -0.15) is 5.26 Å². The van der Waals surface area contributed by atoms with Crippen LogP contribution in [0.4, 0.5) is 0 Å². The number of benzene rings is 1. The summed E-state index contributed by atoms with van der Waals surface area (Å²) in [6, 6.07) is 9.75. The van der Waals surface area contributed by atoms with Crippen LogP contribution in [-0.2, 0) is 16.1 Å². The quantitative estimate of drug-likeness (QED) is 0.268. The maximum atomic E-state index is 13.1. The second-order valence-electron chi connectivity index (χ2n) is 5.81. The van der Waals surface area contributed by atoms with Crippen molar-refractivity contribution >= 4 is 34.5 Å². The summed E-state index contributed by atoms with van der Waals surface area (Å²) in [6.45, 7) is 0.0297. The van der Waals surface area contributed by atoms with Crippen LogP contribution in [0, 0.1) is 11.3 Å². The van der Waals surface area contributed by atoms with Crippen LogP contribution in [0.3, 0.4) is 0 Å². The number of thioether (sulfide) groups is 1. The van der Waals surface area contributed by atoms with Gasteiger partial charge in [0, 0.05) is 0 Å². The van der Waals surface area contributed by atoms with Crippen LogP contribution in [0.15, 0.2) is 51.0 Å². The van der Waals surface area contributed by atoms with Gasteiger partial charge in [0.05, 0.1) is 48.2 Å². The van der Waals surface area contributed by atoms with E-state index in [9.17, 15) is 14.4 Å². The van der Waals surface area contributed by atoms with Gasteiger partial charge < -0.3 is 14.5 Å². The molecule has 1 N–H and O–H groups in total. The van der Waals surface area contributed by atoms with E-state index in [-0.39, 0.29) is 41.0 Å². The lowest BCUT2D eigenvalue weighted by atomic mass is 10.1. The number of aromatic nitrogens is 2. The molecule has 0 saturated heterocycles. The molecule has 9 nitrogen and oxygen atoms in total. The molecule has 148 valence electrons. The first-order valence-corrected chi connectivity index (χ1v) is 9.43. The third-order valence-corrected chi connectivity index (χ3v) is 4.91. The molecule has 29 heavy (non-hydrogen) atoms. The van der Waals surface area contributed by atoms with E-state index in [0.29, 0.717) is 16.7 Å². The fourth-order valence-corrected chi connectivity index (χ4v) is 3.40. The third kappa shape index (κ3) is 4.64. The highest BCUT2D eigenvalue weighted by atomic mass is 32.2. The van der Waals surface area contributed by atoms with Gasteiger partial charge in [-0.3, -0.25) is 14.2 Å². The number of nitrogens with one attached hydrogen (secondary N) is 1. The van der Waals surface area contributed by atoms with Crippen LogP contribution in [0.5, 0.6) is 0 Å². The van der Waals surface area contributed by atoms with Gasteiger partial charge in [-0.05, 0) is 30.3 Å². The number of nitriles is 1. The molecule has 3 aromatic rings. The van der Waals surface area contributed by atoms with Crippen LogP contribution < -0.4 is 10.9 Å². The number of ether oxygens (including phenoxy) is 1. The van der Waals surface area contributed by atoms with Crippen molar-refractivity contribution < 1.29 is 18.7 Å². The topological polar surface area (TPSA) is 127 Å². The molecule has 10 heteroatoms. The predicted molar refractivity (Wildman–Crippen MR) is 104 cm³/mol. The Morgan fingerprint density at radius 2 is 2.21 bits per heavy atom. The molecule has 0 saturated carbocycles. The predicted octanol–water partition coefficient (Wildman–Crippen LogP) is 1.56. The largest absolute Gasteiger partial charge is 0.467 e. The van der Waals surface area contributed by atoms with E-state index < -0.39 is 5.97 Å². The van der Waals surface area contributed by atoms with Crippen molar-refractivity contribution in [2.45, 2.75) is 11.7 Å². The zero-order valence-corrected chi connectivity index (χ0v) is 16.2. The maximum absolute atomic E-state index is 13.1. The molecule has 0 aliphatic heterocycles. The third-order valence-electron chi connectivity index (χ3n) is 3.93. The molecular formula is C19H16N4O5S. The van der Waals surface area contributed by atoms with Crippen molar-refractivity contribution in [3.63, 3.8) is 0 Å². The number of esters is 1. The Morgan fingerprint density at radius 3 is 2.90 bits per heavy atom. The zero-order valence-electron chi connectivity index (χ0n) is 15.4. The van der Waals surface area contributed by atoms with Crippen molar-refractivity contribution in [1.82, 2.24) is 14.9 Å². The number of furan rings is 1. The Kier molecular flexibility index (Phi) is 6.31. The number of carbonyl (C=O) groups excluding carboxylic acids is 2. The van der Waals surface area contributed by atoms with E-state index in [4.69, 9.17) is 14.4 Å². The molecular weight excluding hydrogens is 396 g/mol. The first kappa shape index (κ1) is 20.2. The summed E-state index contributed by atoms with van der Waals surface area (Å²) in [5.74, 6) is -0.387. The van der Waals surface area contributed by atoms with Crippen molar-refractivity contribution in [2.24, 2.45) is 0 Å². The molecule has 0 atom stereocenters. The summed E-state index contributed by atoms with van der Waals surface area (Å²) in [6.07, 6.45) is 1.50. The van der Waals surface area contributed by atoms with Crippen LogP contribution in [0.2, 0.25) is 0 Å². The molecule has 1 amide bonds. The summed E-state index contributed by atoms with van der Waals surface area (Å²) in [5, 5.41) is 11.6. The van der Waals surface area contributed by atoms with Crippen molar-refractivity contribution in [3.05, 3.63) is 58.3 Å². The van der Waals surface area contributed by atoms with Crippen LogP contribution in [0.25, 0.3) is 10.9 Å². The number of amides is 1. The molecule has 0 bridgehead atoms. The lowest BCUT2D eigenvalue weighted by Gasteiger charge is -2.12. The van der Waals surface area contributed by atoms with Gasteiger partial charge in [0.1, 0.15) is 12.3 Å². The molecule has 3 rings (SSSR count). The van der Waals surface area contributed by atoms with Gasteiger partial charge in [-0.1, -0.05) is 11.8 Å². The van der Waals surface area contributed by atoms with Crippen LogP contribution >= 0.6 is 11.8 Å². The first-order chi connectivity index (χ1) is 14.0. The Balaban J connectivity index is 2.03. The van der Waals surface area contributed by atoms with Crippen molar-refractivity contribution in [1.29, 1.82) is 5.26 Å². The van der Waals surface area contributed by atoms with Crippen LogP contribution in [0.1, 0.15) is 16.1 Å². The lowest BCUT2D eigenvalue weighted by Crippen LogP contribution is -2.27. The summed E-state index contributed by atoms with van der Waals surface area (Å²) in [5.41, 5.74) is 0.245. The number of fused-ring (bicyclic) bond motifs is 1. The average Bonchev–Trinajstić information content (AvgIpc) is 3.25. The number of nitrogens with zero attached hydrogens (tertiary/aromatic N) is 3. The second kappa shape index (κ2) is 9.07. The molecule has 0 spiro atoms. The van der Waals surface area contributed by atoms with E-state index >= 15 is 0 Å². The van der Waals surface area contributed by atoms with Gasteiger partial charge >= 0.3 is 5.97 Å². The van der Waals surface area contributed by atoms with Gasteiger partial charge in [0.15, 0.2) is 5.16 Å². The highest BCUT2D eigenvalue weighted by Crippen LogP contribution is 2.20. The zero-order chi connectivity index (χ0) is 20.8. The summed E-state index contributed by atoms with van der Waals surface area (Å²) in [7, 11) is 1.27. The van der Waals surface area contributed by atoms with Crippen LogP contribution in [-0.4, -0.2) is 40.8 Å². The fourth-order valence-electron chi connectivity index (χ4n) is 2.57. The molecule has 1 aromatic carbocycles. The molecule has 2 heterocycles. The minimum atomic E-state index is -0.543. The normalized spacial score (nSPS) is 10.5. The Labute approximate surface area is 169 Å². The Morgan fingerprint density at radius 1 is 1.38 bits per heavy atom. The highest BCUT2D eigenvalue weighted by Gasteiger charge is 2.16. The molecule has 2 aromatic heterocycles. The summed E-state index contributed by atoms with van der Waals surface area (Å²) >= 11 is 1.05. The maximum Gasteiger partial charge on any atom is 0.337 e. The van der Waals surface area contributed by atoms with Crippen molar-refractivity contribution in [3.8, 4) is 6.07 Å². The fraction of sp³-hybridized carbons (Fsp3) is 0.211. The highest BCUT2D eigenvalue weighted by molar-refractivity contribution is 7.99. The molecule has 0 unspecified atom stereocenters. The Bertz CT molecular complexity index is 1150. The van der Waals surface area contributed by atoms with E-state index in [2.05, 4.69) is 10.3 Å². The minimum Gasteiger partial charge on any atom is -0.467 e. The van der Waals surface area contributed by atoms with Crippen molar-refractivity contribution in [2.75, 3.05) is 19.4 Å². The van der Waals surface area contributed by atoms with Gasteiger partial charge in [-0.25, -0.2) is 9.78 Å². The van der Waals surface area contributed by atoms with Gasteiger partial charge in [0.25, 0.3) is 5.56 Å². The van der Waals surface area contributed by atoms with E-state index in [1.807, 2.05) is 6.07 Å². The number of hydrogen-bond acceptors (Lipinski definition) is 8. The second-order valence-corrected chi connectivity index (χ2v) is 6.75. The average molecular weight is 412 g/mol. The summed E-state index contributed by atoms with van der Waals surface area (Å²) < 4.78 is 11.4. The Hall–Kier alpha value is -3.58. The smallest absolute Gasteiger partial charge is 0.337 e. The molecule has 0 radical (unpaired) electrons. The van der Waals surface area contributed by atoms with Gasteiger partial charge in [-0.15, -0.1) is 0 Å². The first-order valence-electron chi connectivity index (χ1n) is 8.45. The van der Waals surface area contributed by atoms with Gasteiger partial charge in [0.2, 0.25) is 5.91 Å². The van der Waals surface area contributed by atoms with E-state index in [1.54, 1.807) is 12.1 Å². The monoisotopic (exact) mass is 412 g/mol. The number of methoxy groups -OCH3 is 1. The number of rotatable bonds is 7.